The molecule has 4 heterocycles. The van der Waals surface area contributed by atoms with Crippen LogP contribution in [0.2, 0.25) is 0 Å². The Labute approximate surface area is 133 Å². The van der Waals surface area contributed by atoms with Crippen LogP contribution in [0.4, 0.5) is 5.82 Å². The molecule has 0 spiro atoms. The van der Waals surface area contributed by atoms with Crippen molar-refractivity contribution in [1.82, 2.24) is 25.3 Å². The van der Waals surface area contributed by atoms with Gasteiger partial charge in [-0.3, -0.25) is 0 Å². The summed E-state index contributed by atoms with van der Waals surface area (Å²) >= 11 is 0. The second-order valence-corrected chi connectivity index (χ2v) is 5.40. The average molecular weight is 305 g/mol. The van der Waals surface area contributed by atoms with E-state index < -0.39 is 0 Å². The van der Waals surface area contributed by atoms with Crippen molar-refractivity contribution in [2.75, 3.05) is 31.1 Å². The predicted octanol–water partition coefficient (Wildman–Crippen LogP) is 1.30. The lowest BCUT2D eigenvalue weighted by atomic mass is 10.1. The fraction of sp³-hybridized carbons (Fsp3) is 0.250. The molecule has 3 aromatic heterocycles. The van der Waals surface area contributed by atoms with Gasteiger partial charge in [-0.2, -0.15) is 5.26 Å². The van der Waals surface area contributed by atoms with Crippen LogP contribution in [0.3, 0.4) is 0 Å². The molecule has 0 radical (unpaired) electrons. The first-order chi connectivity index (χ1) is 11.4. The summed E-state index contributed by atoms with van der Waals surface area (Å²) in [7, 11) is 0. The van der Waals surface area contributed by atoms with Gasteiger partial charge in [0.1, 0.15) is 23.9 Å². The van der Waals surface area contributed by atoms with E-state index in [9.17, 15) is 5.26 Å². The second-order valence-electron chi connectivity index (χ2n) is 5.40. The van der Waals surface area contributed by atoms with Crippen molar-refractivity contribution in [2.24, 2.45) is 0 Å². The van der Waals surface area contributed by atoms with Gasteiger partial charge in [-0.25, -0.2) is 15.0 Å². The largest absolute Gasteiger partial charge is 0.354 e. The number of rotatable bonds is 2. The molecule has 0 saturated carbocycles. The van der Waals surface area contributed by atoms with Gasteiger partial charge in [-0.15, -0.1) is 0 Å². The molecule has 4 rings (SSSR count). The van der Waals surface area contributed by atoms with Crippen LogP contribution in [0.25, 0.3) is 22.3 Å². The van der Waals surface area contributed by atoms with E-state index in [1.165, 1.54) is 6.33 Å². The monoisotopic (exact) mass is 305 g/mol. The summed E-state index contributed by atoms with van der Waals surface area (Å²) in [5.41, 5.74) is 2.82. The van der Waals surface area contributed by atoms with Gasteiger partial charge in [0.25, 0.3) is 0 Å². The third-order valence-corrected chi connectivity index (χ3v) is 4.05. The van der Waals surface area contributed by atoms with Gasteiger partial charge < -0.3 is 15.2 Å². The third kappa shape index (κ3) is 2.39. The lowest BCUT2D eigenvalue weighted by Gasteiger charge is -2.28. The molecule has 0 aliphatic carbocycles. The van der Waals surface area contributed by atoms with Gasteiger partial charge in [0.2, 0.25) is 0 Å². The van der Waals surface area contributed by atoms with E-state index in [-0.39, 0.29) is 0 Å². The minimum atomic E-state index is 0.543. The number of pyridine rings is 1. The average Bonchev–Trinajstić information content (AvgIpc) is 3.06. The highest BCUT2D eigenvalue weighted by atomic mass is 15.2. The van der Waals surface area contributed by atoms with Crippen LogP contribution < -0.4 is 10.2 Å². The normalized spacial score (nSPS) is 14.8. The summed E-state index contributed by atoms with van der Waals surface area (Å²) in [5, 5.41) is 13.3. The zero-order chi connectivity index (χ0) is 15.6. The van der Waals surface area contributed by atoms with E-state index in [0.717, 1.165) is 48.6 Å². The first-order valence-electron chi connectivity index (χ1n) is 7.51. The molecule has 1 aliphatic heterocycles. The molecule has 0 unspecified atom stereocenters. The summed E-state index contributed by atoms with van der Waals surface area (Å²) in [5.74, 6) is 0.968. The number of nitriles is 1. The van der Waals surface area contributed by atoms with Crippen LogP contribution >= 0.6 is 0 Å². The fourth-order valence-electron chi connectivity index (χ4n) is 2.88. The zero-order valence-electron chi connectivity index (χ0n) is 12.5. The fourth-order valence-corrected chi connectivity index (χ4v) is 2.88. The van der Waals surface area contributed by atoms with Crippen molar-refractivity contribution in [3.05, 3.63) is 36.4 Å². The SMILES string of the molecule is N#Cc1c[nH]c2ncnc(-c3ccc(N4CCNCC4)nc3)c12. The van der Waals surface area contributed by atoms with Crippen molar-refractivity contribution in [1.29, 1.82) is 5.26 Å². The molecule has 0 aromatic carbocycles. The van der Waals surface area contributed by atoms with Crippen LogP contribution in [-0.2, 0) is 0 Å². The van der Waals surface area contributed by atoms with Gasteiger partial charge >= 0.3 is 0 Å². The maximum atomic E-state index is 9.26. The number of piperazine rings is 1. The number of aromatic nitrogens is 4. The molecule has 0 amide bonds. The van der Waals surface area contributed by atoms with Crippen molar-refractivity contribution in [3.8, 4) is 17.3 Å². The summed E-state index contributed by atoms with van der Waals surface area (Å²) in [6.07, 6.45) is 4.97. The van der Waals surface area contributed by atoms with Gasteiger partial charge in [0.15, 0.2) is 0 Å². The zero-order valence-corrected chi connectivity index (χ0v) is 12.5. The Hall–Kier alpha value is -2.98. The quantitative estimate of drug-likeness (QED) is 0.741. The third-order valence-electron chi connectivity index (χ3n) is 4.05. The number of nitrogens with zero attached hydrogens (tertiary/aromatic N) is 5. The van der Waals surface area contributed by atoms with E-state index in [0.29, 0.717) is 11.2 Å². The number of aromatic amines is 1. The Morgan fingerprint density at radius 1 is 1.13 bits per heavy atom. The molecule has 7 heteroatoms. The van der Waals surface area contributed by atoms with Gasteiger partial charge in [-0.1, -0.05) is 0 Å². The Morgan fingerprint density at radius 2 is 2.00 bits per heavy atom. The molecule has 23 heavy (non-hydrogen) atoms. The Morgan fingerprint density at radius 3 is 2.74 bits per heavy atom. The minimum absolute atomic E-state index is 0.543. The molecule has 0 atom stereocenters. The van der Waals surface area contributed by atoms with Crippen molar-refractivity contribution >= 4 is 16.9 Å². The minimum Gasteiger partial charge on any atom is -0.354 e. The summed E-state index contributed by atoms with van der Waals surface area (Å²) < 4.78 is 0. The lowest BCUT2D eigenvalue weighted by Crippen LogP contribution is -2.43. The lowest BCUT2D eigenvalue weighted by molar-refractivity contribution is 0.585. The van der Waals surface area contributed by atoms with E-state index in [2.05, 4.69) is 36.2 Å². The van der Waals surface area contributed by atoms with Crippen LogP contribution in [0.15, 0.2) is 30.9 Å². The van der Waals surface area contributed by atoms with Gasteiger partial charge in [0, 0.05) is 44.1 Å². The molecule has 1 aliphatic rings. The summed E-state index contributed by atoms with van der Waals surface area (Å²) in [4.78, 5) is 18.4. The number of nitrogens with one attached hydrogen (secondary N) is 2. The molecular formula is C16H15N7. The summed E-state index contributed by atoms with van der Waals surface area (Å²) in [6.45, 7) is 3.87. The van der Waals surface area contributed by atoms with E-state index in [1.54, 1.807) is 6.20 Å². The van der Waals surface area contributed by atoms with Crippen LogP contribution in [0.1, 0.15) is 5.56 Å². The second kappa shape index (κ2) is 5.66. The van der Waals surface area contributed by atoms with E-state index in [4.69, 9.17) is 0 Å². The number of anilines is 1. The topological polar surface area (TPSA) is 93.5 Å². The van der Waals surface area contributed by atoms with E-state index in [1.807, 2.05) is 18.3 Å². The van der Waals surface area contributed by atoms with Crippen LogP contribution in [-0.4, -0.2) is 46.1 Å². The molecule has 2 N–H and O–H groups in total. The Bertz CT molecular complexity index is 870. The maximum Gasteiger partial charge on any atom is 0.142 e. The molecule has 114 valence electrons. The Balaban J connectivity index is 1.74. The summed E-state index contributed by atoms with van der Waals surface area (Å²) in [6, 6.07) is 6.18. The number of hydrogen-bond donors (Lipinski definition) is 2. The first-order valence-corrected chi connectivity index (χ1v) is 7.51. The van der Waals surface area contributed by atoms with Gasteiger partial charge in [-0.05, 0) is 12.1 Å². The highest BCUT2D eigenvalue weighted by molar-refractivity contribution is 5.95. The highest BCUT2D eigenvalue weighted by Crippen LogP contribution is 2.28. The smallest absolute Gasteiger partial charge is 0.142 e. The van der Waals surface area contributed by atoms with Crippen LogP contribution in [0.5, 0.6) is 0 Å². The van der Waals surface area contributed by atoms with Crippen molar-refractivity contribution in [2.45, 2.75) is 0 Å². The molecule has 1 saturated heterocycles. The molecule has 7 nitrogen and oxygen atoms in total. The van der Waals surface area contributed by atoms with Crippen molar-refractivity contribution in [3.63, 3.8) is 0 Å². The standard InChI is InChI=1S/C16H15N7/c17-7-12-9-20-16-14(12)15(21-10-22-16)11-1-2-13(19-8-11)23-5-3-18-4-6-23/h1-2,8-10,18H,3-6H2,(H,20,21,22). The van der Waals surface area contributed by atoms with E-state index >= 15 is 0 Å². The molecule has 3 aromatic rings. The molecule has 1 fully saturated rings. The number of fused-ring (bicyclic) bond motifs is 1. The molecule has 0 bridgehead atoms. The van der Waals surface area contributed by atoms with Crippen LogP contribution in [0, 0.1) is 11.3 Å². The number of hydrogen-bond acceptors (Lipinski definition) is 6. The molecular weight excluding hydrogens is 290 g/mol. The maximum absolute atomic E-state index is 9.26. The number of H-pyrrole nitrogens is 1. The predicted molar refractivity (Wildman–Crippen MR) is 86.9 cm³/mol. The Kier molecular flexibility index (Phi) is 3.37. The first kappa shape index (κ1) is 13.7. The van der Waals surface area contributed by atoms with Crippen molar-refractivity contribution < 1.29 is 0 Å². The highest BCUT2D eigenvalue weighted by Gasteiger charge is 2.15. The van der Waals surface area contributed by atoms with Gasteiger partial charge in [0.05, 0.1) is 16.6 Å².